The zero-order chi connectivity index (χ0) is 15.4. The van der Waals surface area contributed by atoms with Crippen molar-refractivity contribution in [2.45, 2.75) is 70.2 Å². The minimum Gasteiger partial charge on any atom is -0.377 e. The van der Waals surface area contributed by atoms with Gasteiger partial charge >= 0.3 is 0 Å². The largest absolute Gasteiger partial charge is 0.377 e. The van der Waals surface area contributed by atoms with E-state index in [0.29, 0.717) is 12.6 Å². The SMILES string of the molecule is COCc1nc2n(n1)CCCC2NC1C2CC3CC(C2)CC1C3. The molecule has 0 aromatic carbocycles. The Hall–Kier alpha value is -0.940. The fourth-order valence-corrected chi connectivity index (χ4v) is 6.18. The maximum atomic E-state index is 5.21. The Bertz CT molecular complexity index is 556. The second kappa shape index (κ2) is 5.55. The van der Waals surface area contributed by atoms with Gasteiger partial charge < -0.3 is 10.1 Å². The molecule has 0 spiro atoms. The number of fused-ring (bicyclic) bond motifs is 1. The molecule has 4 aliphatic carbocycles. The fourth-order valence-electron chi connectivity index (χ4n) is 6.18. The van der Waals surface area contributed by atoms with Crippen LogP contribution >= 0.6 is 0 Å². The monoisotopic (exact) mass is 316 g/mol. The number of hydrogen-bond acceptors (Lipinski definition) is 4. The summed E-state index contributed by atoms with van der Waals surface area (Å²) in [5.74, 6) is 5.90. The van der Waals surface area contributed by atoms with Crippen molar-refractivity contribution in [3.8, 4) is 0 Å². The molecule has 6 rings (SSSR count). The molecule has 5 aliphatic rings. The molecule has 0 saturated heterocycles. The molecule has 4 fully saturated rings. The van der Waals surface area contributed by atoms with Crippen LogP contribution in [0.15, 0.2) is 0 Å². The Morgan fingerprint density at radius 1 is 1.13 bits per heavy atom. The molecule has 4 saturated carbocycles. The lowest BCUT2D eigenvalue weighted by atomic mass is 9.54. The number of ether oxygens (including phenoxy) is 1. The van der Waals surface area contributed by atoms with Gasteiger partial charge in [-0.1, -0.05) is 0 Å². The molecule has 1 atom stereocenters. The van der Waals surface area contributed by atoms with Gasteiger partial charge in [-0.25, -0.2) is 9.67 Å². The molecular weight excluding hydrogens is 288 g/mol. The Morgan fingerprint density at radius 2 is 1.87 bits per heavy atom. The zero-order valence-electron chi connectivity index (χ0n) is 14.1. The van der Waals surface area contributed by atoms with Crippen LogP contribution in [-0.4, -0.2) is 27.9 Å². The summed E-state index contributed by atoms with van der Waals surface area (Å²) < 4.78 is 7.33. The van der Waals surface area contributed by atoms with Crippen LogP contribution in [0.3, 0.4) is 0 Å². The number of nitrogens with one attached hydrogen (secondary N) is 1. The van der Waals surface area contributed by atoms with E-state index < -0.39 is 0 Å². The topological polar surface area (TPSA) is 52.0 Å². The summed E-state index contributed by atoms with van der Waals surface area (Å²) in [7, 11) is 1.71. The molecule has 126 valence electrons. The highest BCUT2D eigenvalue weighted by Gasteiger charge is 2.48. The van der Waals surface area contributed by atoms with Crippen molar-refractivity contribution in [3.63, 3.8) is 0 Å². The number of hydrogen-bond donors (Lipinski definition) is 1. The molecule has 1 unspecified atom stereocenters. The molecule has 1 aliphatic heterocycles. The van der Waals surface area contributed by atoms with Gasteiger partial charge in [0.05, 0.1) is 6.04 Å². The average Bonchev–Trinajstić information content (AvgIpc) is 2.94. The van der Waals surface area contributed by atoms with E-state index in [1.54, 1.807) is 7.11 Å². The molecule has 1 aromatic heterocycles. The minimum absolute atomic E-state index is 0.393. The van der Waals surface area contributed by atoms with E-state index in [4.69, 9.17) is 9.72 Å². The van der Waals surface area contributed by atoms with E-state index in [9.17, 15) is 0 Å². The van der Waals surface area contributed by atoms with Crippen LogP contribution in [-0.2, 0) is 17.9 Å². The van der Waals surface area contributed by atoms with Gasteiger partial charge in [-0.2, -0.15) is 5.10 Å². The first kappa shape index (κ1) is 14.4. The van der Waals surface area contributed by atoms with Crippen LogP contribution in [0.5, 0.6) is 0 Å². The quantitative estimate of drug-likeness (QED) is 0.928. The Kier molecular flexibility index (Phi) is 3.48. The molecule has 5 nitrogen and oxygen atoms in total. The van der Waals surface area contributed by atoms with Crippen LogP contribution in [0.1, 0.15) is 62.6 Å². The van der Waals surface area contributed by atoms with Crippen LogP contribution in [0, 0.1) is 23.7 Å². The van der Waals surface area contributed by atoms with E-state index >= 15 is 0 Å². The standard InChI is InChI=1S/C18H28N4O/c1-23-10-16-20-18-15(3-2-4-22(18)21-16)19-17-13-6-11-5-12(8-13)9-14(17)7-11/h11-15,17,19H,2-10H2,1H3. The van der Waals surface area contributed by atoms with E-state index in [1.165, 1.54) is 44.9 Å². The fraction of sp³-hybridized carbons (Fsp3) is 0.889. The lowest BCUT2D eigenvalue weighted by Gasteiger charge is -2.55. The molecule has 1 N–H and O–H groups in total. The van der Waals surface area contributed by atoms with Gasteiger partial charge in [-0.05, 0) is 68.6 Å². The van der Waals surface area contributed by atoms with Crippen LogP contribution in [0.2, 0.25) is 0 Å². The highest BCUT2D eigenvalue weighted by molar-refractivity contribution is 5.07. The maximum Gasteiger partial charge on any atom is 0.176 e. The van der Waals surface area contributed by atoms with Crippen LogP contribution in [0.4, 0.5) is 0 Å². The first-order chi connectivity index (χ1) is 11.3. The Morgan fingerprint density at radius 3 is 2.57 bits per heavy atom. The predicted octanol–water partition coefficient (Wildman–Crippen LogP) is 2.67. The van der Waals surface area contributed by atoms with Crippen molar-refractivity contribution < 1.29 is 4.74 Å². The molecule has 0 radical (unpaired) electrons. The Labute approximate surface area is 138 Å². The third kappa shape index (κ3) is 2.43. The third-order valence-electron chi connectivity index (χ3n) is 6.81. The predicted molar refractivity (Wildman–Crippen MR) is 86.7 cm³/mol. The zero-order valence-corrected chi connectivity index (χ0v) is 14.1. The van der Waals surface area contributed by atoms with E-state index in [-0.39, 0.29) is 0 Å². The first-order valence-corrected chi connectivity index (χ1v) is 9.48. The molecule has 1 aromatic rings. The van der Waals surface area contributed by atoms with Gasteiger partial charge in [0, 0.05) is 19.7 Å². The van der Waals surface area contributed by atoms with Crippen LogP contribution in [0.25, 0.3) is 0 Å². The van der Waals surface area contributed by atoms with Crippen molar-refractivity contribution in [1.29, 1.82) is 0 Å². The number of aryl methyl sites for hydroxylation is 1. The summed E-state index contributed by atoms with van der Waals surface area (Å²) in [6.45, 7) is 1.52. The van der Waals surface area contributed by atoms with Gasteiger partial charge in [0.25, 0.3) is 0 Å². The van der Waals surface area contributed by atoms with Gasteiger partial charge in [-0.3, -0.25) is 0 Å². The average molecular weight is 316 g/mol. The van der Waals surface area contributed by atoms with Crippen molar-refractivity contribution in [2.75, 3.05) is 7.11 Å². The third-order valence-corrected chi connectivity index (χ3v) is 6.81. The lowest BCUT2D eigenvalue weighted by molar-refractivity contribution is -0.0193. The highest BCUT2D eigenvalue weighted by Crippen LogP contribution is 2.54. The molecular formula is C18H28N4O. The summed E-state index contributed by atoms with van der Waals surface area (Å²) >= 11 is 0. The lowest BCUT2D eigenvalue weighted by Crippen LogP contribution is -2.55. The van der Waals surface area contributed by atoms with Crippen molar-refractivity contribution in [2.24, 2.45) is 23.7 Å². The number of nitrogens with zero attached hydrogens (tertiary/aromatic N) is 3. The van der Waals surface area contributed by atoms with Crippen molar-refractivity contribution in [1.82, 2.24) is 20.1 Å². The second-order valence-corrected chi connectivity index (χ2v) is 8.36. The van der Waals surface area contributed by atoms with E-state index in [2.05, 4.69) is 15.1 Å². The van der Waals surface area contributed by atoms with Crippen LogP contribution < -0.4 is 5.32 Å². The summed E-state index contributed by atoms with van der Waals surface area (Å²) in [5.41, 5.74) is 0. The molecule has 4 bridgehead atoms. The van der Waals surface area contributed by atoms with Crippen molar-refractivity contribution >= 4 is 0 Å². The van der Waals surface area contributed by atoms with E-state index in [1.807, 2.05) is 0 Å². The summed E-state index contributed by atoms with van der Waals surface area (Å²) in [4.78, 5) is 4.77. The summed E-state index contributed by atoms with van der Waals surface area (Å²) in [6, 6.07) is 1.12. The summed E-state index contributed by atoms with van der Waals surface area (Å²) in [5, 5.41) is 8.66. The molecule has 23 heavy (non-hydrogen) atoms. The number of rotatable bonds is 4. The number of methoxy groups -OCH3 is 1. The van der Waals surface area contributed by atoms with Gasteiger partial charge in [0.1, 0.15) is 12.4 Å². The van der Waals surface area contributed by atoms with Gasteiger partial charge in [0.2, 0.25) is 0 Å². The highest BCUT2D eigenvalue weighted by atomic mass is 16.5. The molecule has 2 heterocycles. The second-order valence-electron chi connectivity index (χ2n) is 8.36. The smallest absolute Gasteiger partial charge is 0.176 e. The first-order valence-electron chi connectivity index (χ1n) is 9.48. The van der Waals surface area contributed by atoms with Gasteiger partial charge in [0.15, 0.2) is 5.82 Å². The summed E-state index contributed by atoms with van der Waals surface area (Å²) in [6.07, 6.45) is 9.82. The Balaban J connectivity index is 1.35. The maximum absolute atomic E-state index is 5.21. The van der Waals surface area contributed by atoms with E-state index in [0.717, 1.165) is 47.9 Å². The molecule has 5 heteroatoms. The van der Waals surface area contributed by atoms with Crippen molar-refractivity contribution in [3.05, 3.63) is 11.6 Å². The molecule has 0 amide bonds. The van der Waals surface area contributed by atoms with Gasteiger partial charge in [-0.15, -0.1) is 0 Å². The minimum atomic E-state index is 0.393. The number of aromatic nitrogens is 3. The normalized spacial score (nSPS) is 41.3.